The average molecular weight is 321 g/mol. The molecular weight excluding hydrogens is 296 g/mol. The molecule has 0 bridgehead atoms. The summed E-state index contributed by atoms with van der Waals surface area (Å²) in [6, 6.07) is 0. The molecule has 0 N–H and O–H groups in total. The third-order valence-electron chi connectivity index (χ3n) is 3.07. The van der Waals surface area contributed by atoms with Crippen LogP contribution in [0.3, 0.4) is 0 Å². The number of ether oxygens (including phenoxy) is 2. The van der Waals surface area contributed by atoms with Crippen LogP contribution < -0.4 is 0 Å². The summed E-state index contributed by atoms with van der Waals surface area (Å²) in [5.74, 6) is 0.512. The zero-order valence-electron chi connectivity index (χ0n) is 12.4. The Labute approximate surface area is 131 Å². The number of aryl methyl sites for hydroxylation is 1. The minimum Gasteiger partial charge on any atom is -0.383 e. The molecule has 0 aliphatic carbocycles. The Hall–Kier alpha value is -0.200. The predicted molar refractivity (Wildman–Crippen MR) is 84.8 cm³/mol. The molecule has 1 aromatic heterocycles. The fourth-order valence-electron chi connectivity index (χ4n) is 1.91. The van der Waals surface area contributed by atoms with Gasteiger partial charge < -0.3 is 9.47 Å². The van der Waals surface area contributed by atoms with Crippen LogP contribution in [-0.4, -0.2) is 57.0 Å². The van der Waals surface area contributed by atoms with Crippen molar-refractivity contribution in [1.29, 1.82) is 0 Å². The molecule has 0 spiro atoms. The monoisotopic (exact) mass is 320 g/mol. The van der Waals surface area contributed by atoms with Crippen LogP contribution in [0.4, 0.5) is 0 Å². The van der Waals surface area contributed by atoms with Crippen molar-refractivity contribution in [2.45, 2.75) is 25.1 Å². The van der Waals surface area contributed by atoms with Crippen molar-refractivity contribution in [1.82, 2.24) is 9.88 Å². The van der Waals surface area contributed by atoms with E-state index in [9.17, 15) is 0 Å². The lowest BCUT2D eigenvalue weighted by atomic mass is 10.2. The van der Waals surface area contributed by atoms with Gasteiger partial charge >= 0.3 is 0 Å². The molecule has 4 nitrogen and oxygen atoms in total. The van der Waals surface area contributed by atoms with Gasteiger partial charge in [0.05, 0.1) is 29.8 Å². The Kier molecular flexibility index (Phi) is 10.2. The van der Waals surface area contributed by atoms with Crippen molar-refractivity contribution in [2.75, 3.05) is 47.1 Å². The van der Waals surface area contributed by atoms with E-state index in [1.54, 1.807) is 25.6 Å². The largest absolute Gasteiger partial charge is 0.383 e. The Balaban J connectivity index is 2.18. The van der Waals surface area contributed by atoms with Gasteiger partial charge in [0.15, 0.2) is 0 Å². The molecule has 0 saturated carbocycles. The van der Waals surface area contributed by atoms with E-state index in [0.717, 1.165) is 51.4 Å². The van der Waals surface area contributed by atoms with Crippen molar-refractivity contribution in [3.8, 4) is 0 Å². The maximum Gasteiger partial charge on any atom is 0.0928 e. The van der Waals surface area contributed by atoms with Crippen molar-refractivity contribution >= 4 is 22.9 Å². The minimum absolute atomic E-state index is 0.512. The lowest BCUT2D eigenvalue weighted by molar-refractivity contribution is 0.113. The summed E-state index contributed by atoms with van der Waals surface area (Å²) in [5.41, 5.74) is 0.994. The van der Waals surface area contributed by atoms with Crippen LogP contribution in [0.15, 0.2) is 5.38 Å². The highest BCUT2D eigenvalue weighted by molar-refractivity contribution is 7.09. The van der Waals surface area contributed by atoms with Gasteiger partial charge in [-0.2, -0.15) is 0 Å². The SMILES string of the molecule is COCCN(CCCCc1nc(CCl)cs1)CCOC. The summed E-state index contributed by atoms with van der Waals surface area (Å²) in [4.78, 5) is 6.87. The number of thiazole rings is 1. The van der Waals surface area contributed by atoms with Crippen LogP contribution in [0.1, 0.15) is 23.5 Å². The van der Waals surface area contributed by atoms with Gasteiger partial charge in [0, 0.05) is 32.7 Å². The van der Waals surface area contributed by atoms with Crippen LogP contribution in [-0.2, 0) is 21.8 Å². The molecule has 0 aromatic carbocycles. The molecule has 116 valence electrons. The van der Waals surface area contributed by atoms with Crippen LogP contribution in [0.2, 0.25) is 0 Å². The first-order valence-corrected chi connectivity index (χ1v) is 8.41. The number of unbranched alkanes of at least 4 members (excludes halogenated alkanes) is 1. The second kappa shape index (κ2) is 11.5. The summed E-state index contributed by atoms with van der Waals surface area (Å²) in [6.07, 6.45) is 3.37. The molecule has 0 aliphatic heterocycles. The third-order valence-corrected chi connectivity index (χ3v) is 4.31. The number of nitrogens with zero attached hydrogens (tertiary/aromatic N) is 2. The standard InChI is InChI=1S/C14H25ClN2O2S/c1-18-9-7-17(8-10-19-2)6-4-3-5-14-16-13(11-15)12-20-14/h12H,3-11H2,1-2H3. The van der Waals surface area contributed by atoms with E-state index in [1.807, 2.05) is 5.38 Å². The molecule has 0 aliphatic rings. The van der Waals surface area contributed by atoms with E-state index < -0.39 is 0 Å². The van der Waals surface area contributed by atoms with Crippen molar-refractivity contribution in [3.05, 3.63) is 16.1 Å². The van der Waals surface area contributed by atoms with Crippen molar-refractivity contribution in [3.63, 3.8) is 0 Å². The Bertz CT molecular complexity index is 342. The van der Waals surface area contributed by atoms with E-state index in [-0.39, 0.29) is 0 Å². The molecular formula is C14H25ClN2O2S. The van der Waals surface area contributed by atoms with Gasteiger partial charge in [0.1, 0.15) is 0 Å². The van der Waals surface area contributed by atoms with Gasteiger partial charge in [-0.25, -0.2) is 4.98 Å². The molecule has 0 atom stereocenters. The molecule has 1 heterocycles. The number of methoxy groups -OCH3 is 2. The maximum atomic E-state index is 5.75. The van der Waals surface area contributed by atoms with E-state index in [1.165, 1.54) is 11.4 Å². The lowest BCUT2D eigenvalue weighted by Crippen LogP contribution is -2.31. The molecule has 0 amide bonds. The summed E-state index contributed by atoms with van der Waals surface area (Å²) in [6.45, 7) is 4.56. The first kappa shape index (κ1) is 17.9. The molecule has 0 fully saturated rings. The highest BCUT2D eigenvalue weighted by Gasteiger charge is 2.05. The smallest absolute Gasteiger partial charge is 0.0928 e. The molecule has 0 unspecified atom stereocenters. The maximum absolute atomic E-state index is 5.75. The second-order valence-electron chi connectivity index (χ2n) is 4.65. The normalized spacial score (nSPS) is 11.4. The number of alkyl halides is 1. The van der Waals surface area contributed by atoms with Gasteiger partial charge in [-0.15, -0.1) is 22.9 Å². The van der Waals surface area contributed by atoms with Crippen LogP contribution in [0.25, 0.3) is 0 Å². The van der Waals surface area contributed by atoms with Gasteiger partial charge in [-0.3, -0.25) is 4.90 Å². The highest BCUT2D eigenvalue weighted by Crippen LogP contribution is 2.14. The summed E-state index contributed by atoms with van der Waals surface area (Å²) in [5, 5.41) is 3.24. The summed E-state index contributed by atoms with van der Waals surface area (Å²) >= 11 is 7.47. The van der Waals surface area contributed by atoms with E-state index in [0.29, 0.717) is 5.88 Å². The van der Waals surface area contributed by atoms with Crippen LogP contribution in [0, 0.1) is 0 Å². The van der Waals surface area contributed by atoms with E-state index in [2.05, 4.69) is 9.88 Å². The Morgan fingerprint density at radius 1 is 1.15 bits per heavy atom. The van der Waals surface area contributed by atoms with Gasteiger partial charge in [0.25, 0.3) is 0 Å². The molecule has 6 heteroatoms. The molecule has 1 rings (SSSR count). The molecule has 0 radical (unpaired) electrons. The number of hydrogen-bond acceptors (Lipinski definition) is 5. The number of hydrogen-bond donors (Lipinski definition) is 0. The number of rotatable bonds is 12. The third kappa shape index (κ3) is 7.55. The van der Waals surface area contributed by atoms with Crippen molar-refractivity contribution in [2.24, 2.45) is 0 Å². The summed E-state index contributed by atoms with van der Waals surface area (Å²) < 4.78 is 10.3. The number of halogens is 1. The van der Waals surface area contributed by atoms with Crippen LogP contribution in [0.5, 0.6) is 0 Å². The fourth-order valence-corrected chi connectivity index (χ4v) is 2.98. The van der Waals surface area contributed by atoms with Gasteiger partial charge in [0.2, 0.25) is 0 Å². The quantitative estimate of drug-likeness (QED) is 0.438. The number of aromatic nitrogens is 1. The first-order chi connectivity index (χ1) is 9.80. The first-order valence-electron chi connectivity index (χ1n) is 6.99. The van der Waals surface area contributed by atoms with Crippen molar-refractivity contribution < 1.29 is 9.47 Å². The molecule has 0 saturated heterocycles. The topological polar surface area (TPSA) is 34.6 Å². The molecule has 20 heavy (non-hydrogen) atoms. The molecule has 1 aromatic rings. The minimum atomic E-state index is 0.512. The van der Waals surface area contributed by atoms with Crippen LogP contribution >= 0.6 is 22.9 Å². The zero-order valence-corrected chi connectivity index (χ0v) is 14.0. The van der Waals surface area contributed by atoms with E-state index in [4.69, 9.17) is 21.1 Å². The second-order valence-corrected chi connectivity index (χ2v) is 5.86. The average Bonchev–Trinajstić information content (AvgIpc) is 2.93. The van der Waals surface area contributed by atoms with E-state index >= 15 is 0 Å². The summed E-state index contributed by atoms with van der Waals surface area (Å²) in [7, 11) is 3.48. The fraction of sp³-hybridized carbons (Fsp3) is 0.786. The lowest BCUT2D eigenvalue weighted by Gasteiger charge is -2.21. The Morgan fingerprint density at radius 3 is 2.40 bits per heavy atom. The predicted octanol–water partition coefficient (Wildman–Crippen LogP) is 2.80. The highest BCUT2D eigenvalue weighted by atomic mass is 35.5. The Morgan fingerprint density at radius 2 is 1.85 bits per heavy atom. The van der Waals surface area contributed by atoms with Gasteiger partial charge in [-0.1, -0.05) is 0 Å². The van der Waals surface area contributed by atoms with Gasteiger partial charge in [-0.05, 0) is 25.8 Å². The zero-order chi connectivity index (χ0) is 14.6.